The van der Waals surface area contributed by atoms with Crippen molar-refractivity contribution in [2.24, 2.45) is 0 Å². The van der Waals surface area contributed by atoms with Crippen molar-refractivity contribution >= 4 is 17.2 Å². The van der Waals surface area contributed by atoms with Gasteiger partial charge in [-0.3, -0.25) is 4.79 Å². The van der Waals surface area contributed by atoms with Crippen LogP contribution in [-0.4, -0.2) is 30.0 Å². The Morgan fingerprint density at radius 2 is 2.14 bits per heavy atom. The average molecular weight is 307 g/mol. The number of aromatic nitrogens is 1. The Morgan fingerprint density at radius 3 is 2.90 bits per heavy atom. The lowest BCUT2D eigenvalue weighted by Gasteiger charge is -2.19. The quantitative estimate of drug-likeness (QED) is 0.879. The van der Waals surface area contributed by atoms with E-state index in [-0.39, 0.29) is 11.9 Å². The fourth-order valence-corrected chi connectivity index (χ4v) is 4.23. The molecule has 5 heteroatoms. The Kier molecular flexibility index (Phi) is 5.25. The minimum Gasteiger partial charge on any atom is -0.354 e. The van der Waals surface area contributed by atoms with Crippen molar-refractivity contribution < 1.29 is 4.79 Å². The second-order valence-electron chi connectivity index (χ2n) is 6.19. The van der Waals surface area contributed by atoms with E-state index < -0.39 is 0 Å². The topological polar surface area (TPSA) is 54.0 Å². The first-order chi connectivity index (χ1) is 10.3. The highest BCUT2D eigenvalue weighted by Gasteiger charge is 2.21. The van der Waals surface area contributed by atoms with Crippen LogP contribution < -0.4 is 10.6 Å². The smallest absolute Gasteiger partial charge is 0.237 e. The Hall–Kier alpha value is -0.940. The molecule has 2 heterocycles. The van der Waals surface area contributed by atoms with E-state index in [1.54, 1.807) is 11.3 Å². The third-order valence-corrected chi connectivity index (χ3v) is 5.53. The summed E-state index contributed by atoms with van der Waals surface area (Å²) < 4.78 is 0. The Labute approximate surface area is 130 Å². The molecule has 0 bridgehead atoms. The summed E-state index contributed by atoms with van der Waals surface area (Å²) in [6.45, 7) is 1.67. The molecular weight excluding hydrogens is 282 g/mol. The molecule has 1 saturated heterocycles. The number of nitrogens with zero attached hydrogens (tertiary/aromatic N) is 1. The molecule has 2 fully saturated rings. The van der Waals surface area contributed by atoms with E-state index in [1.807, 2.05) is 0 Å². The Balaban J connectivity index is 1.43. The maximum atomic E-state index is 11.9. The second kappa shape index (κ2) is 7.36. The summed E-state index contributed by atoms with van der Waals surface area (Å²) >= 11 is 1.75. The van der Waals surface area contributed by atoms with Gasteiger partial charge >= 0.3 is 0 Å². The summed E-state index contributed by atoms with van der Waals surface area (Å²) in [5.41, 5.74) is 1.29. The first kappa shape index (κ1) is 15.0. The molecule has 1 atom stereocenters. The minimum atomic E-state index is 0.0269. The van der Waals surface area contributed by atoms with Crippen molar-refractivity contribution in [3.8, 4) is 0 Å². The summed E-state index contributed by atoms with van der Waals surface area (Å²) in [6.07, 6.45) is 9.61. The normalized spacial score (nSPS) is 23.3. The van der Waals surface area contributed by atoms with E-state index in [9.17, 15) is 4.79 Å². The summed E-state index contributed by atoms with van der Waals surface area (Å²) in [5.74, 6) is 0.831. The summed E-state index contributed by atoms with van der Waals surface area (Å²) in [7, 11) is 0. The van der Waals surface area contributed by atoms with Crippen LogP contribution in [0.15, 0.2) is 5.38 Å². The molecular formula is C16H25N3OS. The van der Waals surface area contributed by atoms with Crippen LogP contribution in [0, 0.1) is 0 Å². The molecule has 1 aromatic heterocycles. The zero-order valence-corrected chi connectivity index (χ0v) is 13.4. The lowest BCUT2D eigenvalue weighted by Crippen LogP contribution is -2.41. The fraction of sp³-hybridized carbons (Fsp3) is 0.750. The van der Waals surface area contributed by atoms with Gasteiger partial charge in [0.2, 0.25) is 5.91 Å². The molecule has 1 aliphatic carbocycles. The zero-order valence-electron chi connectivity index (χ0n) is 12.6. The number of carbonyl (C=O) groups is 1. The molecule has 3 rings (SSSR count). The lowest BCUT2D eigenvalue weighted by molar-refractivity contribution is -0.122. The van der Waals surface area contributed by atoms with E-state index in [1.165, 1.54) is 37.8 Å². The van der Waals surface area contributed by atoms with Gasteiger partial charge in [-0.05, 0) is 32.2 Å². The van der Waals surface area contributed by atoms with Gasteiger partial charge in [-0.15, -0.1) is 11.3 Å². The summed E-state index contributed by atoms with van der Waals surface area (Å²) in [6, 6.07) is 0.0269. The molecule has 0 aromatic carbocycles. The third kappa shape index (κ3) is 4.04. The van der Waals surface area contributed by atoms with Crippen LogP contribution in [0.2, 0.25) is 0 Å². The molecule has 2 aliphatic rings. The Morgan fingerprint density at radius 1 is 1.29 bits per heavy atom. The highest BCUT2D eigenvalue weighted by atomic mass is 32.1. The predicted molar refractivity (Wildman–Crippen MR) is 85.7 cm³/mol. The van der Waals surface area contributed by atoms with Crippen molar-refractivity contribution in [3.63, 3.8) is 0 Å². The first-order valence-corrected chi connectivity index (χ1v) is 9.16. The van der Waals surface area contributed by atoms with Gasteiger partial charge < -0.3 is 10.6 Å². The van der Waals surface area contributed by atoms with E-state index in [0.29, 0.717) is 12.5 Å². The molecule has 116 valence electrons. The fourth-order valence-electron chi connectivity index (χ4n) is 3.35. The molecule has 1 aromatic rings. The maximum Gasteiger partial charge on any atom is 0.237 e. The number of amides is 1. The standard InChI is InChI=1S/C16H25N3OS/c20-16(13-7-4-9-17-13)18-10-8-15-19-14(11-21-15)12-5-2-1-3-6-12/h11-13,17H,1-10H2,(H,18,20). The van der Waals surface area contributed by atoms with Crippen LogP contribution >= 0.6 is 11.3 Å². The number of hydrogen-bond donors (Lipinski definition) is 2. The monoisotopic (exact) mass is 307 g/mol. The molecule has 1 saturated carbocycles. The SMILES string of the molecule is O=C(NCCc1nc(C2CCCCC2)cs1)C1CCCN1. The van der Waals surface area contributed by atoms with Gasteiger partial charge in [0.15, 0.2) is 0 Å². The number of thiazole rings is 1. The largest absolute Gasteiger partial charge is 0.354 e. The molecule has 4 nitrogen and oxygen atoms in total. The van der Waals surface area contributed by atoms with Crippen molar-refractivity contribution in [2.75, 3.05) is 13.1 Å². The molecule has 1 amide bonds. The molecule has 1 unspecified atom stereocenters. The van der Waals surface area contributed by atoms with Crippen LogP contribution in [0.3, 0.4) is 0 Å². The summed E-state index contributed by atoms with van der Waals surface area (Å²) in [5, 5.41) is 9.64. The van der Waals surface area contributed by atoms with Gasteiger partial charge in [0, 0.05) is 24.3 Å². The third-order valence-electron chi connectivity index (χ3n) is 4.61. The van der Waals surface area contributed by atoms with Gasteiger partial charge in [-0.25, -0.2) is 4.98 Å². The molecule has 21 heavy (non-hydrogen) atoms. The zero-order chi connectivity index (χ0) is 14.5. The van der Waals surface area contributed by atoms with Crippen LogP contribution in [0.5, 0.6) is 0 Å². The number of nitrogens with one attached hydrogen (secondary N) is 2. The number of hydrogen-bond acceptors (Lipinski definition) is 4. The molecule has 0 radical (unpaired) electrons. The second-order valence-corrected chi connectivity index (χ2v) is 7.13. The van der Waals surface area contributed by atoms with E-state index in [0.717, 1.165) is 30.8 Å². The lowest BCUT2D eigenvalue weighted by atomic mass is 9.87. The highest BCUT2D eigenvalue weighted by Crippen LogP contribution is 2.33. The van der Waals surface area contributed by atoms with E-state index >= 15 is 0 Å². The van der Waals surface area contributed by atoms with Crippen molar-refractivity contribution in [1.29, 1.82) is 0 Å². The van der Waals surface area contributed by atoms with Crippen molar-refractivity contribution in [3.05, 3.63) is 16.1 Å². The highest BCUT2D eigenvalue weighted by molar-refractivity contribution is 7.09. The predicted octanol–water partition coefficient (Wildman–Crippen LogP) is 2.60. The van der Waals surface area contributed by atoms with Crippen molar-refractivity contribution in [1.82, 2.24) is 15.6 Å². The van der Waals surface area contributed by atoms with Gasteiger partial charge in [-0.1, -0.05) is 19.3 Å². The Bertz CT molecular complexity index is 462. The van der Waals surface area contributed by atoms with Crippen LogP contribution in [0.25, 0.3) is 0 Å². The van der Waals surface area contributed by atoms with E-state index in [2.05, 4.69) is 16.0 Å². The molecule has 2 N–H and O–H groups in total. The van der Waals surface area contributed by atoms with E-state index in [4.69, 9.17) is 4.98 Å². The number of rotatable bonds is 5. The summed E-state index contributed by atoms with van der Waals surface area (Å²) in [4.78, 5) is 16.7. The van der Waals surface area contributed by atoms with Gasteiger partial charge in [0.05, 0.1) is 16.7 Å². The van der Waals surface area contributed by atoms with Crippen molar-refractivity contribution in [2.45, 2.75) is 63.3 Å². The van der Waals surface area contributed by atoms with Gasteiger partial charge in [0.1, 0.15) is 0 Å². The van der Waals surface area contributed by atoms with Crippen LogP contribution in [0.1, 0.15) is 61.6 Å². The molecule has 1 aliphatic heterocycles. The average Bonchev–Trinajstić information content (AvgIpc) is 3.20. The van der Waals surface area contributed by atoms with Gasteiger partial charge in [-0.2, -0.15) is 0 Å². The maximum absolute atomic E-state index is 11.9. The van der Waals surface area contributed by atoms with Gasteiger partial charge in [0.25, 0.3) is 0 Å². The first-order valence-electron chi connectivity index (χ1n) is 8.28. The molecule has 0 spiro atoms. The minimum absolute atomic E-state index is 0.0269. The van der Waals surface area contributed by atoms with Crippen LogP contribution in [-0.2, 0) is 11.2 Å². The number of carbonyl (C=O) groups excluding carboxylic acids is 1. The van der Waals surface area contributed by atoms with Crippen LogP contribution in [0.4, 0.5) is 0 Å².